The highest BCUT2D eigenvalue weighted by Crippen LogP contribution is 2.19. The van der Waals surface area contributed by atoms with Crippen LogP contribution in [0.4, 0.5) is 0 Å². The molecule has 1 atom stereocenters. The highest BCUT2D eigenvalue weighted by atomic mass is 15.1. The zero-order valence-corrected chi connectivity index (χ0v) is 9.59. The normalized spacial score (nSPS) is 14.2. The van der Waals surface area contributed by atoms with Crippen LogP contribution in [0.5, 0.6) is 0 Å². The fourth-order valence-electron chi connectivity index (χ4n) is 1.04. The smallest absolute Gasteiger partial charge is 0.0684 e. The van der Waals surface area contributed by atoms with Gasteiger partial charge in [0.15, 0.2) is 0 Å². The maximum atomic E-state index is 8.83. The van der Waals surface area contributed by atoms with Crippen LogP contribution in [0.1, 0.15) is 40.5 Å². The van der Waals surface area contributed by atoms with Gasteiger partial charge in [-0.05, 0) is 47.2 Å². The second kappa shape index (κ2) is 5.24. The maximum absolute atomic E-state index is 8.83. The average molecular weight is 182 g/mol. The summed E-state index contributed by atoms with van der Waals surface area (Å²) in [6.45, 7) is 9.42. The topological polar surface area (TPSA) is 27.0 Å². The molecule has 0 saturated heterocycles. The lowest BCUT2D eigenvalue weighted by Crippen LogP contribution is -2.31. The van der Waals surface area contributed by atoms with Gasteiger partial charge in [-0.2, -0.15) is 5.26 Å². The van der Waals surface area contributed by atoms with Crippen LogP contribution in [0.25, 0.3) is 0 Å². The Balaban J connectivity index is 3.84. The first-order chi connectivity index (χ1) is 5.93. The van der Waals surface area contributed by atoms with E-state index in [0.717, 1.165) is 13.0 Å². The lowest BCUT2D eigenvalue weighted by molar-refractivity contribution is 0.225. The molecule has 0 aromatic carbocycles. The van der Waals surface area contributed by atoms with E-state index in [9.17, 15) is 0 Å². The van der Waals surface area contributed by atoms with Crippen LogP contribution in [0.2, 0.25) is 0 Å². The van der Waals surface area contributed by atoms with E-state index in [1.165, 1.54) is 6.42 Å². The SMILES string of the molecule is CCC(C)N(C)CCC(C)(C)C#N. The van der Waals surface area contributed by atoms with Crippen LogP contribution in [0.15, 0.2) is 0 Å². The van der Waals surface area contributed by atoms with Gasteiger partial charge in [-0.15, -0.1) is 0 Å². The van der Waals surface area contributed by atoms with Crippen LogP contribution >= 0.6 is 0 Å². The minimum Gasteiger partial charge on any atom is -0.304 e. The minimum absolute atomic E-state index is 0.179. The molecule has 0 aliphatic rings. The van der Waals surface area contributed by atoms with Crippen molar-refractivity contribution in [2.45, 2.75) is 46.6 Å². The Morgan fingerprint density at radius 3 is 2.38 bits per heavy atom. The second-order valence-corrected chi connectivity index (χ2v) is 4.48. The molecule has 0 fully saturated rings. The molecular weight excluding hydrogens is 160 g/mol. The van der Waals surface area contributed by atoms with Gasteiger partial charge in [-0.3, -0.25) is 0 Å². The highest BCUT2D eigenvalue weighted by molar-refractivity contribution is 4.92. The van der Waals surface area contributed by atoms with Crippen LogP contribution in [-0.2, 0) is 0 Å². The summed E-state index contributed by atoms with van der Waals surface area (Å²) in [6.07, 6.45) is 2.12. The fraction of sp³-hybridized carbons (Fsp3) is 0.909. The third kappa shape index (κ3) is 4.90. The number of hydrogen-bond donors (Lipinski definition) is 0. The molecule has 76 valence electrons. The third-order valence-electron chi connectivity index (χ3n) is 2.74. The molecule has 0 aliphatic heterocycles. The van der Waals surface area contributed by atoms with Gasteiger partial charge in [0, 0.05) is 6.04 Å². The molecule has 0 aromatic heterocycles. The zero-order chi connectivity index (χ0) is 10.5. The van der Waals surface area contributed by atoms with Crippen molar-refractivity contribution in [1.29, 1.82) is 5.26 Å². The monoisotopic (exact) mass is 182 g/mol. The van der Waals surface area contributed by atoms with Gasteiger partial charge in [0.25, 0.3) is 0 Å². The molecule has 2 nitrogen and oxygen atoms in total. The molecule has 0 N–H and O–H groups in total. The van der Waals surface area contributed by atoms with Crippen molar-refractivity contribution in [3.05, 3.63) is 0 Å². The second-order valence-electron chi connectivity index (χ2n) is 4.48. The summed E-state index contributed by atoms with van der Waals surface area (Å²) in [5.74, 6) is 0. The standard InChI is InChI=1S/C11H22N2/c1-6-10(2)13(5)8-7-11(3,4)9-12/h10H,6-8H2,1-5H3. The first-order valence-electron chi connectivity index (χ1n) is 5.04. The predicted molar refractivity (Wildman–Crippen MR) is 56.4 cm³/mol. The summed E-state index contributed by atoms with van der Waals surface area (Å²) >= 11 is 0. The van der Waals surface area contributed by atoms with Crippen LogP contribution in [0, 0.1) is 16.7 Å². The van der Waals surface area contributed by atoms with Crippen molar-refractivity contribution in [2.75, 3.05) is 13.6 Å². The Hall–Kier alpha value is -0.550. The lowest BCUT2D eigenvalue weighted by Gasteiger charge is -2.26. The van der Waals surface area contributed by atoms with E-state index in [4.69, 9.17) is 5.26 Å². The molecule has 0 saturated carbocycles. The Morgan fingerprint density at radius 2 is 2.00 bits per heavy atom. The fourth-order valence-corrected chi connectivity index (χ4v) is 1.04. The van der Waals surface area contributed by atoms with Crippen molar-refractivity contribution < 1.29 is 0 Å². The van der Waals surface area contributed by atoms with Gasteiger partial charge >= 0.3 is 0 Å². The van der Waals surface area contributed by atoms with Gasteiger partial charge in [-0.25, -0.2) is 0 Å². The van der Waals surface area contributed by atoms with Crippen molar-refractivity contribution in [3.63, 3.8) is 0 Å². The number of hydrogen-bond acceptors (Lipinski definition) is 2. The summed E-state index contributed by atoms with van der Waals surface area (Å²) < 4.78 is 0. The van der Waals surface area contributed by atoms with Gasteiger partial charge in [-0.1, -0.05) is 6.92 Å². The van der Waals surface area contributed by atoms with E-state index < -0.39 is 0 Å². The molecule has 13 heavy (non-hydrogen) atoms. The Kier molecular flexibility index (Phi) is 5.02. The molecule has 0 amide bonds. The Bertz CT molecular complexity index is 179. The van der Waals surface area contributed by atoms with Gasteiger partial charge in [0.1, 0.15) is 0 Å². The third-order valence-corrected chi connectivity index (χ3v) is 2.74. The maximum Gasteiger partial charge on any atom is 0.0684 e. The first-order valence-corrected chi connectivity index (χ1v) is 5.04. The molecule has 0 aliphatic carbocycles. The number of nitriles is 1. The lowest BCUT2D eigenvalue weighted by atomic mass is 9.91. The Morgan fingerprint density at radius 1 is 1.46 bits per heavy atom. The van der Waals surface area contributed by atoms with E-state index in [1.54, 1.807) is 0 Å². The van der Waals surface area contributed by atoms with Crippen LogP contribution in [-0.4, -0.2) is 24.5 Å². The molecule has 0 bridgehead atoms. The Labute approximate surface area is 82.5 Å². The minimum atomic E-state index is -0.179. The molecule has 0 rings (SSSR count). The summed E-state index contributed by atoms with van der Waals surface area (Å²) in [5.41, 5.74) is -0.179. The molecule has 2 heteroatoms. The molecule has 0 heterocycles. The molecular formula is C11H22N2. The summed E-state index contributed by atoms with van der Waals surface area (Å²) in [6, 6.07) is 2.95. The number of rotatable bonds is 5. The molecule has 1 unspecified atom stereocenters. The number of nitrogens with zero attached hydrogens (tertiary/aromatic N) is 2. The van der Waals surface area contributed by atoms with Crippen molar-refractivity contribution in [1.82, 2.24) is 4.90 Å². The largest absolute Gasteiger partial charge is 0.304 e. The van der Waals surface area contributed by atoms with E-state index in [1.807, 2.05) is 13.8 Å². The summed E-state index contributed by atoms with van der Waals surface area (Å²) in [5, 5.41) is 8.83. The summed E-state index contributed by atoms with van der Waals surface area (Å²) in [4.78, 5) is 2.32. The molecule has 0 radical (unpaired) electrons. The van der Waals surface area contributed by atoms with E-state index in [0.29, 0.717) is 6.04 Å². The van der Waals surface area contributed by atoms with Gasteiger partial charge in [0.2, 0.25) is 0 Å². The van der Waals surface area contributed by atoms with Crippen molar-refractivity contribution in [3.8, 4) is 6.07 Å². The quantitative estimate of drug-likeness (QED) is 0.653. The molecule has 0 aromatic rings. The van der Waals surface area contributed by atoms with Gasteiger partial charge < -0.3 is 4.90 Å². The van der Waals surface area contributed by atoms with E-state index in [-0.39, 0.29) is 5.41 Å². The van der Waals surface area contributed by atoms with Crippen LogP contribution in [0.3, 0.4) is 0 Å². The zero-order valence-electron chi connectivity index (χ0n) is 9.59. The van der Waals surface area contributed by atoms with Crippen molar-refractivity contribution in [2.24, 2.45) is 5.41 Å². The summed E-state index contributed by atoms with van der Waals surface area (Å²) in [7, 11) is 2.13. The first kappa shape index (κ1) is 12.4. The highest BCUT2D eigenvalue weighted by Gasteiger charge is 2.18. The predicted octanol–water partition coefficient (Wildman–Crippen LogP) is 2.66. The van der Waals surface area contributed by atoms with Crippen molar-refractivity contribution >= 4 is 0 Å². The van der Waals surface area contributed by atoms with Gasteiger partial charge in [0.05, 0.1) is 11.5 Å². The van der Waals surface area contributed by atoms with Crippen LogP contribution < -0.4 is 0 Å². The van der Waals surface area contributed by atoms with E-state index in [2.05, 4.69) is 31.9 Å². The molecule has 0 spiro atoms. The average Bonchev–Trinajstić information content (AvgIpc) is 2.13. The van der Waals surface area contributed by atoms with E-state index >= 15 is 0 Å².